The number of nitrogens with zero attached hydrogens (tertiary/aromatic N) is 1. The Morgan fingerprint density at radius 1 is 1.30 bits per heavy atom. The van der Waals surface area contributed by atoms with Gasteiger partial charge in [-0.25, -0.2) is 0 Å². The molecule has 0 bridgehead atoms. The van der Waals surface area contributed by atoms with Crippen LogP contribution in [0.3, 0.4) is 0 Å². The average Bonchev–Trinajstić information content (AvgIpc) is 2.66. The van der Waals surface area contributed by atoms with Gasteiger partial charge in [-0.05, 0) is 69.1 Å². The number of aryl methyl sites for hydroxylation is 1. The standard InChI is InChI=1S/C24H34N2O/c1-6-20-14-19(11-12-25-20)22-10-8-16(3)24(27)23(22)18(5)26-21-9-7-15(2)17(4)13-21/h7,11-14,16,21-24,26-27H,5-6,8-10H2,1-4H3. The lowest BCUT2D eigenvalue weighted by Gasteiger charge is -2.41. The number of aliphatic hydroxyl groups is 1. The van der Waals surface area contributed by atoms with Gasteiger partial charge in [0.05, 0.1) is 6.10 Å². The van der Waals surface area contributed by atoms with E-state index < -0.39 is 0 Å². The fraction of sp³-hybridized carbons (Fsp3) is 0.542. The van der Waals surface area contributed by atoms with Crippen molar-refractivity contribution in [2.24, 2.45) is 11.8 Å². The van der Waals surface area contributed by atoms with Crippen molar-refractivity contribution in [2.45, 2.75) is 71.4 Å². The van der Waals surface area contributed by atoms with Gasteiger partial charge in [-0.2, -0.15) is 0 Å². The molecule has 2 aliphatic rings. The predicted molar refractivity (Wildman–Crippen MR) is 112 cm³/mol. The summed E-state index contributed by atoms with van der Waals surface area (Å²) in [6.07, 6.45) is 10.1. The molecule has 27 heavy (non-hydrogen) atoms. The van der Waals surface area contributed by atoms with E-state index >= 15 is 0 Å². The minimum Gasteiger partial charge on any atom is -0.392 e. The van der Waals surface area contributed by atoms with E-state index in [0.29, 0.717) is 5.92 Å². The first-order valence-corrected chi connectivity index (χ1v) is 10.3. The van der Waals surface area contributed by atoms with Crippen LogP contribution in [-0.4, -0.2) is 22.2 Å². The van der Waals surface area contributed by atoms with E-state index in [1.807, 2.05) is 6.20 Å². The van der Waals surface area contributed by atoms with Crippen molar-refractivity contribution in [3.8, 4) is 0 Å². The van der Waals surface area contributed by atoms with Gasteiger partial charge in [-0.15, -0.1) is 0 Å². The van der Waals surface area contributed by atoms with Crippen molar-refractivity contribution >= 4 is 0 Å². The molecule has 5 unspecified atom stereocenters. The van der Waals surface area contributed by atoms with Gasteiger partial charge in [-0.3, -0.25) is 4.98 Å². The van der Waals surface area contributed by atoms with Crippen molar-refractivity contribution in [3.05, 3.63) is 65.2 Å². The Hall–Kier alpha value is -1.87. The maximum atomic E-state index is 11.0. The number of aromatic nitrogens is 1. The maximum absolute atomic E-state index is 11.0. The lowest BCUT2D eigenvalue weighted by molar-refractivity contribution is 0.0257. The summed E-state index contributed by atoms with van der Waals surface area (Å²) in [5, 5.41) is 14.7. The molecule has 0 spiro atoms. The molecule has 0 radical (unpaired) electrons. The molecule has 2 aliphatic carbocycles. The second kappa shape index (κ2) is 8.43. The summed E-state index contributed by atoms with van der Waals surface area (Å²) in [7, 11) is 0. The van der Waals surface area contributed by atoms with Crippen molar-refractivity contribution in [1.29, 1.82) is 0 Å². The molecule has 1 aromatic rings. The van der Waals surface area contributed by atoms with Crippen LogP contribution < -0.4 is 5.32 Å². The largest absolute Gasteiger partial charge is 0.392 e. The van der Waals surface area contributed by atoms with Crippen LogP contribution in [0.4, 0.5) is 0 Å². The van der Waals surface area contributed by atoms with Crippen LogP contribution in [0.1, 0.15) is 64.1 Å². The zero-order valence-corrected chi connectivity index (χ0v) is 17.2. The van der Waals surface area contributed by atoms with Gasteiger partial charge in [0.25, 0.3) is 0 Å². The van der Waals surface area contributed by atoms with Crippen LogP contribution in [0.25, 0.3) is 0 Å². The first kappa shape index (κ1) is 19.9. The monoisotopic (exact) mass is 366 g/mol. The molecular weight excluding hydrogens is 332 g/mol. The number of nitrogens with one attached hydrogen (secondary N) is 1. The van der Waals surface area contributed by atoms with Crippen LogP contribution in [0.2, 0.25) is 0 Å². The molecule has 3 rings (SSSR count). The number of hydrogen-bond acceptors (Lipinski definition) is 3. The van der Waals surface area contributed by atoms with Gasteiger partial charge in [0.1, 0.15) is 0 Å². The molecular formula is C24H34N2O. The molecule has 1 heterocycles. The number of allylic oxidation sites excluding steroid dienone is 2. The van der Waals surface area contributed by atoms with Gasteiger partial charge in [0.2, 0.25) is 0 Å². The van der Waals surface area contributed by atoms with Crippen molar-refractivity contribution in [3.63, 3.8) is 0 Å². The maximum Gasteiger partial charge on any atom is 0.0654 e. The molecule has 0 saturated heterocycles. The zero-order valence-electron chi connectivity index (χ0n) is 17.2. The Kier molecular flexibility index (Phi) is 6.21. The lowest BCUT2D eigenvalue weighted by Crippen LogP contribution is -2.43. The third-order valence-electron chi connectivity index (χ3n) is 6.47. The van der Waals surface area contributed by atoms with Crippen LogP contribution in [0, 0.1) is 11.8 Å². The molecule has 1 aromatic heterocycles. The average molecular weight is 367 g/mol. The number of hydrogen-bond donors (Lipinski definition) is 2. The number of rotatable bonds is 5. The summed E-state index contributed by atoms with van der Waals surface area (Å²) >= 11 is 0. The van der Waals surface area contributed by atoms with E-state index in [-0.39, 0.29) is 24.0 Å². The summed E-state index contributed by atoms with van der Waals surface area (Å²) in [6.45, 7) is 13.0. The predicted octanol–water partition coefficient (Wildman–Crippen LogP) is 4.90. The van der Waals surface area contributed by atoms with E-state index in [1.54, 1.807) is 0 Å². The highest BCUT2D eigenvalue weighted by Crippen LogP contribution is 2.43. The normalized spacial score (nSPS) is 31.1. The van der Waals surface area contributed by atoms with Crippen molar-refractivity contribution in [2.75, 3.05) is 0 Å². The van der Waals surface area contributed by atoms with Crippen LogP contribution in [0.15, 0.2) is 53.9 Å². The summed E-state index contributed by atoms with van der Waals surface area (Å²) in [5.74, 6) is 0.611. The van der Waals surface area contributed by atoms with Gasteiger partial charge >= 0.3 is 0 Å². The van der Waals surface area contributed by atoms with Gasteiger partial charge in [0, 0.05) is 29.5 Å². The molecule has 1 saturated carbocycles. The molecule has 0 amide bonds. The lowest BCUT2D eigenvalue weighted by atomic mass is 9.68. The summed E-state index contributed by atoms with van der Waals surface area (Å²) in [6, 6.07) is 4.59. The second-order valence-electron chi connectivity index (χ2n) is 8.36. The molecule has 146 valence electrons. The fourth-order valence-corrected chi connectivity index (χ4v) is 4.53. The van der Waals surface area contributed by atoms with Gasteiger partial charge in [-0.1, -0.05) is 43.7 Å². The smallest absolute Gasteiger partial charge is 0.0654 e. The first-order chi connectivity index (χ1) is 12.9. The SMILES string of the molecule is C=C(NC1C=C(C)C(C)=CC1)C1C(c2ccnc(CC)c2)CCC(C)C1O. The Labute approximate surface area is 164 Å². The van der Waals surface area contributed by atoms with Crippen molar-refractivity contribution < 1.29 is 5.11 Å². The van der Waals surface area contributed by atoms with E-state index in [2.05, 4.69) is 68.9 Å². The Morgan fingerprint density at radius 2 is 2.07 bits per heavy atom. The summed E-state index contributed by atoms with van der Waals surface area (Å²) in [4.78, 5) is 4.45. The zero-order chi connectivity index (χ0) is 19.6. The molecule has 0 aliphatic heterocycles. The van der Waals surface area contributed by atoms with Crippen LogP contribution in [0.5, 0.6) is 0 Å². The second-order valence-corrected chi connectivity index (χ2v) is 8.36. The van der Waals surface area contributed by atoms with E-state index in [4.69, 9.17) is 0 Å². The summed E-state index contributed by atoms with van der Waals surface area (Å²) in [5.41, 5.74) is 6.04. The highest BCUT2D eigenvalue weighted by molar-refractivity contribution is 5.33. The highest BCUT2D eigenvalue weighted by atomic mass is 16.3. The molecule has 3 nitrogen and oxygen atoms in total. The van der Waals surface area contributed by atoms with Crippen LogP contribution in [-0.2, 0) is 6.42 Å². The minimum atomic E-state index is -0.368. The summed E-state index contributed by atoms with van der Waals surface area (Å²) < 4.78 is 0. The Balaban J connectivity index is 1.82. The van der Waals surface area contributed by atoms with Gasteiger partial charge in [0.15, 0.2) is 0 Å². The van der Waals surface area contributed by atoms with E-state index in [1.165, 1.54) is 16.7 Å². The van der Waals surface area contributed by atoms with E-state index in [0.717, 1.165) is 37.1 Å². The molecule has 1 fully saturated rings. The molecule has 5 atom stereocenters. The fourth-order valence-electron chi connectivity index (χ4n) is 4.53. The third-order valence-corrected chi connectivity index (χ3v) is 6.47. The minimum absolute atomic E-state index is 0.0292. The number of aliphatic hydroxyl groups excluding tert-OH is 1. The highest BCUT2D eigenvalue weighted by Gasteiger charge is 2.39. The van der Waals surface area contributed by atoms with Crippen molar-refractivity contribution in [1.82, 2.24) is 10.3 Å². The van der Waals surface area contributed by atoms with Crippen LogP contribution >= 0.6 is 0 Å². The molecule has 2 N–H and O–H groups in total. The quantitative estimate of drug-likeness (QED) is 0.779. The van der Waals surface area contributed by atoms with E-state index in [9.17, 15) is 5.11 Å². The van der Waals surface area contributed by atoms with Gasteiger partial charge < -0.3 is 10.4 Å². The topological polar surface area (TPSA) is 45.2 Å². The Morgan fingerprint density at radius 3 is 2.78 bits per heavy atom. The third kappa shape index (κ3) is 4.35. The molecule has 3 heteroatoms. The first-order valence-electron chi connectivity index (χ1n) is 10.3. The Bertz CT molecular complexity index is 749. The molecule has 0 aromatic carbocycles. The number of pyridine rings is 1.